The van der Waals surface area contributed by atoms with Crippen molar-refractivity contribution in [1.29, 1.82) is 0 Å². The number of imidazole rings is 1. The third kappa shape index (κ3) is 1.57. The molecule has 8 heteroatoms. The van der Waals surface area contributed by atoms with E-state index in [9.17, 15) is 15.3 Å². The van der Waals surface area contributed by atoms with Crippen LogP contribution in [0.1, 0.15) is 12.5 Å². The molecule has 4 rings (SSSR count). The van der Waals surface area contributed by atoms with Gasteiger partial charge in [-0.25, -0.2) is 15.0 Å². The zero-order chi connectivity index (χ0) is 14.7. The number of anilines is 1. The van der Waals surface area contributed by atoms with Gasteiger partial charge in [0.15, 0.2) is 11.5 Å². The number of nitrogens with two attached hydrogens (primary N) is 1. The first-order valence-corrected chi connectivity index (χ1v) is 7.03. The van der Waals surface area contributed by atoms with Crippen LogP contribution in [0.2, 0.25) is 0 Å². The summed E-state index contributed by atoms with van der Waals surface area (Å²) in [6, 6.07) is -0.141. The van der Waals surface area contributed by atoms with Gasteiger partial charge in [-0.2, -0.15) is 0 Å². The van der Waals surface area contributed by atoms with Gasteiger partial charge >= 0.3 is 0 Å². The Morgan fingerprint density at radius 1 is 1.19 bits per heavy atom. The second-order valence-electron chi connectivity index (χ2n) is 5.96. The number of aliphatic hydroxyl groups is 3. The van der Waals surface area contributed by atoms with Gasteiger partial charge in [-0.1, -0.05) is 0 Å². The predicted octanol–water partition coefficient (Wildman–Crippen LogP) is -1.07. The first-order chi connectivity index (χ1) is 10.1. The molecule has 6 atom stereocenters. The van der Waals surface area contributed by atoms with E-state index in [0.29, 0.717) is 23.4 Å². The van der Waals surface area contributed by atoms with Crippen LogP contribution in [0.5, 0.6) is 0 Å². The molecule has 0 aliphatic heterocycles. The molecule has 0 amide bonds. The van der Waals surface area contributed by atoms with Gasteiger partial charge in [0.1, 0.15) is 11.8 Å². The lowest BCUT2D eigenvalue weighted by molar-refractivity contribution is -0.0621. The van der Waals surface area contributed by atoms with Gasteiger partial charge in [0.05, 0.1) is 18.5 Å². The first-order valence-electron chi connectivity index (χ1n) is 7.03. The molecular weight excluding hydrogens is 274 g/mol. The van der Waals surface area contributed by atoms with E-state index in [0.717, 1.165) is 0 Å². The Kier molecular flexibility index (Phi) is 2.69. The summed E-state index contributed by atoms with van der Waals surface area (Å²) in [5.41, 5.74) is 6.91. The number of aromatic nitrogens is 4. The maximum atomic E-state index is 10.2. The van der Waals surface area contributed by atoms with Gasteiger partial charge in [0.25, 0.3) is 0 Å². The quantitative estimate of drug-likeness (QED) is 0.554. The maximum Gasteiger partial charge on any atom is 0.165 e. The van der Waals surface area contributed by atoms with Crippen LogP contribution in [0, 0.1) is 17.8 Å². The lowest BCUT2D eigenvalue weighted by Gasteiger charge is -2.36. The molecule has 2 aliphatic carbocycles. The molecule has 0 saturated heterocycles. The Hall–Kier alpha value is -1.77. The topological polar surface area (TPSA) is 130 Å². The number of rotatable bonds is 2. The molecule has 2 aliphatic rings. The van der Waals surface area contributed by atoms with Crippen LogP contribution in [-0.4, -0.2) is 53.7 Å². The molecule has 2 bridgehead atoms. The molecule has 2 fully saturated rings. The Morgan fingerprint density at radius 2 is 1.95 bits per heavy atom. The van der Waals surface area contributed by atoms with Crippen molar-refractivity contribution < 1.29 is 15.3 Å². The van der Waals surface area contributed by atoms with E-state index in [4.69, 9.17) is 5.73 Å². The molecule has 0 unspecified atom stereocenters. The number of nitrogen functional groups attached to an aromatic ring is 1. The molecular formula is C13H17N5O3. The average Bonchev–Trinajstić information content (AvgIpc) is 3.13. The van der Waals surface area contributed by atoms with E-state index >= 15 is 0 Å². The van der Waals surface area contributed by atoms with Gasteiger partial charge in [0, 0.05) is 24.5 Å². The molecule has 2 aromatic heterocycles. The summed E-state index contributed by atoms with van der Waals surface area (Å²) >= 11 is 0. The van der Waals surface area contributed by atoms with Gasteiger partial charge in [-0.3, -0.25) is 0 Å². The second-order valence-corrected chi connectivity index (χ2v) is 5.96. The fourth-order valence-electron chi connectivity index (χ4n) is 4.18. The van der Waals surface area contributed by atoms with Crippen molar-refractivity contribution in [3.05, 3.63) is 12.7 Å². The van der Waals surface area contributed by atoms with Crippen LogP contribution < -0.4 is 5.73 Å². The third-order valence-corrected chi connectivity index (χ3v) is 5.12. The molecule has 21 heavy (non-hydrogen) atoms. The van der Waals surface area contributed by atoms with Gasteiger partial charge in [-0.05, 0) is 12.3 Å². The number of hydrogen-bond donors (Lipinski definition) is 4. The Bertz CT molecular complexity index is 687. The lowest BCUT2D eigenvalue weighted by Crippen LogP contribution is -2.44. The molecule has 0 spiro atoms. The normalized spacial score (nSPS) is 38.4. The van der Waals surface area contributed by atoms with Crippen LogP contribution in [0.3, 0.4) is 0 Å². The number of fused-ring (bicyclic) bond motifs is 3. The van der Waals surface area contributed by atoms with Crippen molar-refractivity contribution in [3.8, 4) is 0 Å². The SMILES string of the molecule is Nc1ncnc2c1ncn2[C@@H]1[C@@H]2C[C@@H]([C@@H](O)[C@H]2O)[C@H]1CO. The highest BCUT2D eigenvalue weighted by Crippen LogP contribution is 2.55. The minimum absolute atomic E-state index is 0.0458. The van der Waals surface area contributed by atoms with Crippen LogP contribution in [0.25, 0.3) is 11.2 Å². The molecule has 2 saturated carbocycles. The van der Waals surface area contributed by atoms with Gasteiger partial charge in [-0.15, -0.1) is 0 Å². The van der Waals surface area contributed by atoms with E-state index in [1.54, 1.807) is 6.33 Å². The number of hydrogen-bond acceptors (Lipinski definition) is 7. The molecule has 112 valence electrons. The molecule has 2 heterocycles. The fourth-order valence-corrected chi connectivity index (χ4v) is 4.18. The standard InChI is InChI=1S/C13H17N5O3/c14-12-8-13(16-3-15-12)18(4-17-8)9-6-1-5(7(9)2-19)10(20)11(6)21/h3-7,9-11,19-21H,1-2H2,(H2,14,15,16)/t5-,6+,7-,9-,10-,11+/m1/s1. The van der Waals surface area contributed by atoms with E-state index in [1.807, 2.05) is 4.57 Å². The Morgan fingerprint density at radius 3 is 2.71 bits per heavy atom. The fraction of sp³-hybridized carbons (Fsp3) is 0.615. The Labute approximate surface area is 120 Å². The zero-order valence-electron chi connectivity index (χ0n) is 11.2. The highest BCUT2D eigenvalue weighted by molar-refractivity contribution is 5.81. The van der Waals surface area contributed by atoms with Gasteiger partial charge < -0.3 is 25.6 Å². The third-order valence-electron chi connectivity index (χ3n) is 5.12. The zero-order valence-corrected chi connectivity index (χ0v) is 11.2. The summed E-state index contributed by atoms with van der Waals surface area (Å²) in [6.45, 7) is -0.0458. The van der Waals surface area contributed by atoms with Crippen molar-refractivity contribution in [2.75, 3.05) is 12.3 Å². The van der Waals surface area contributed by atoms with E-state index in [-0.39, 0.29) is 30.4 Å². The minimum atomic E-state index is -0.778. The summed E-state index contributed by atoms with van der Waals surface area (Å²) in [5.74, 6) is -0.0302. The van der Waals surface area contributed by atoms with E-state index in [2.05, 4.69) is 15.0 Å². The summed E-state index contributed by atoms with van der Waals surface area (Å²) in [7, 11) is 0. The van der Waals surface area contributed by atoms with Crippen LogP contribution in [-0.2, 0) is 0 Å². The highest BCUT2D eigenvalue weighted by Gasteiger charge is 2.58. The maximum absolute atomic E-state index is 10.2. The largest absolute Gasteiger partial charge is 0.396 e. The molecule has 2 aromatic rings. The van der Waals surface area contributed by atoms with Crippen LogP contribution in [0.4, 0.5) is 5.82 Å². The summed E-state index contributed by atoms with van der Waals surface area (Å²) in [6.07, 6.45) is 2.15. The van der Waals surface area contributed by atoms with Crippen LogP contribution >= 0.6 is 0 Å². The van der Waals surface area contributed by atoms with Crippen molar-refractivity contribution in [2.45, 2.75) is 24.7 Å². The lowest BCUT2D eigenvalue weighted by atomic mass is 9.81. The predicted molar refractivity (Wildman–Crippen MR) is 73.0 cm³/mol. The number of nitrogens with zero attached hydrogens (tertiary/aromatic N) is 4. The average molecular weight is 291 g/mol. The molecule has 0 radical (unpaired) electrons. The summed E-state index contributed by atoms with van der Waals surface area (Å²) in [5, 5.41) is 29.9. The smallest absolute Gasteiger partial charge is 0.165 e. The van der Waals surface area contributed by atoms with Crippen molar-refractivity contribution >= 4 is 17.0 Å². The monoisotopic (exact) mass is 291 g/mol. The van der Waals surface area contributed by atoms with Gasteiger partial charge in [0.2, 0.25) is 0 Å². The summed E-state index contributed by atoms with van der Waals surface area (Å²) in [4.78, 5) is 12.4. The van der Waals surface area contributed by atoms with E-state index in [1.165, 1.54) is 6.33 Å². The number of aliphatic hydroxyl groups excluding tert-OH is 3. The molecule has 8 nitrogen and oxygen atoms in total. The molecule has 0 aromatic carbocycles. The minimum Gasteiger partial charge on any atom is -0.396 e. The van der Waals surface area contributed by atoms with E-state index < -0.39 is 12.2 Å². The first kappa shape index (κ1) is 12.9. The highest BCUT2D eigenvalue weighted by atomic mass is 16.3. The van der Waals surface area contributed by atoms with Crippen LogP contribution in [0.15, 0.2) is 12.7 Å². The Balaban J connectivity index is 1.83. The summed E-state index contributed by atoms with van der Waals surface area (Å²) < 4.78 is 1.86. The molecule has 5 N–H and O–H groups in total. The second kappa shape index (κ2) is 4.36. The van der Waals surface area contributed by atoms with Crippen molar-refractivity contribution in [1.82, 2.24) is 19.5 Å². The van der Waals surface area contributed by atoms with Crippen molar-refractivity contribution in [2.24, 2.45) is 17.8 Å². The van der Waals surface area contributed by atoms with Crippen molar-refractivity contribution in [3.63, 3.8) is 0 Å².